The first-order chi connectivity index (χ1) is 7.99. The molecule has 2 N–H and O–H groups in total. The third-order valence-corrected chi connectivity index (χ3v) is 2.83. The molecule has 1 aromatic heterocycles. The van der Waals surface area contributed by atoms with Crippen molar-refractivity contribution in [2.24, 2.45) is 0 Å². The van der Waals surface area contributed by atoms with E-state index in [1.165, 1.54) is 10.7 Å². The molecule has 0 unspecified atom stereocenters. The van der Waals surface area contributed by atoms with Crippen LogP contribution in [0.15, 0.2) is 29.1 Å². The van der Waals surface area contributed by atoms with E-state index in [4.69, 9.17) is 28.9 Å². The summed E-state index contributed by atoms with van der Waals surface area (Å²) in [6, 6.07) is 6.40. The standard InChI is InChI=1S/C11H9Cl2N3O/c1-6-4-10(17)11(14)15-16(6)9-5-7(12)2-3-8(9)13/h2-5H,1H3,(H2,14,15). The fraction of sp³-hybridized carbons (Fsp3) is 0.0909. The summed E-state index contributed by atoms with van der Waals surface area (Å²) in [5.74, 6) is -0.0772. The lowest BCUT2D eigenvalue weighted by molar-refractivity contribution is 0.808. The minimum Gasteiger partial charge on any atom is -0.379 e. The number of aromatic nitrogens is 2. The fourth-order valence-corrected chi connectivity index (χ4v) is 1.82. The Balaban J connectivity index is 2.72. The lowest BCUT2D eigenvalue weighted by Gasteiger charge is -2.11. The number of benzene rings is 1. The molecule has 0 spiro atoms. The number of nitrogen functional groups attached to an aromatic ring is 1. The van der Waals surface area contributed by atoms with E-state index in [0.717, 1.165) is 0 Å². The van der Waals surface area contributed by atoms with Gasteiger partial charge in [0.1, 0.15) is 0 Å². The minimum absolute atomic E-state index is 0.0772. The zero-order chi connectivity index (χ0) is 12.6. The first-order valence-electron chi connectivity index (χ1n) is 4.81. The molecule has 0 saturated heterocycles. The smallest absolute Gasteiger partial charge is 0.224 e. The monoisotopic (exact) mass is 269 g/mol. The molecule has 0 fully saturated rings. The third-order valence-electron chi connectivity index (χ3n) is 2.27. The summed E-state index contributed by atoms with van der Waals surface area (Å²) in [5.41, 5.74) is 6.41. The molecule has 4 nitrogen and oxygen atoms in total. The van der Waals surface area contributed by atoms with E-state index in [2.05, 4.69) is 5.10 Å². The SMILES string of the molecule is Cc1cc(=O)c(N)nn1-c1cc(Cl)ccc1Cl. The summed E-state index contributed by atoms with van der Waals surface area (Å²) in [6.45, 7) is 1.74. The van der Waals surface area contributed by atoms with Gasteiger partial charge in [-0.1, -0.05) is 23.2 Å². The number of nitrogens with two attached hydrogens (primary N) is 1. The average Bonchev–Trinajstić information content (AvgIpc) is 2.27. The molecule has 17 heavy (non-hydrogen) atoms. The maximum Gasteiger partial charge on any atom is 0.224 e. The second-order valence-electron chi connectivity index (χ2n) is 3.54. The van der Waals surface area contributed by atoms with Gasteiger partial charge in [-0.05, 0) is 25.1 Å². The molecular formula is C11H9Cl2N3O. The van der Waals surface area contributed by atoms with Gasteiger partial charge in [-0.3, -0.25) is 4.79 Å². The number of anilines is 1. The summed E-state index contributed by atoms with van der Waals surface area (Å²) < 4.78 is 1.49. The number of aryl methyl sites for hydroxylation is 1. The fourth-order valence-electron chi connectivity index (χ4n) is 1.45. The Morgan fingerprint density at radius 2 is 2.00 bits per heavy atom. The van der Waals surface area contributed by atoms with E-state index in [-0.39, 0.29) is 11.2 Å². The molecule has 0 radical (unpaired) electrons. The topological polar surface area (TPSA) is 60.9 Å². The van der Waals surface area contributed by atoms with Crippen LogP contribution in [-0.2, 0) is 0 Å². The van der Waals surface area contributed by atoms with Crippen molar-refractivity contribution in [2.75, 3.05) is 5.73 Å². The van der Waals surface area contributed by atoms with Crippen LogP contribution in [0.1, 0.15) is 5.69 Å². The highest BCUT2D eigenvalue weighted by molar-refractivity contribution is 6.34. The van der Waals surface area contributed by atoms with Gasteiger partial charge in [-0.15, -0.1) is 5.10 Å². The predicted octanol–water partition coefficient (Wildman–Crippen LogP) is 2.43. The van der Waals surface area contributed by atoms with Gasteiger partial charge in [-0.25, -0.2) is 4.68 Å². The molecule has 0 saturated carbocycles. The first kappa shape index (κ1) is 12.0. The highest BCUT2D eigenvalue weighted by Crippen LogP contribution is 2.24. The quantitative estimate of drug-likeness (QED) is 0.865. The Morgan fingerprint density at radius 3 is 2.71 bits per heavy atom. The summed E-state index contributed by atoms with van der Waals surface area (Å²) in [7, 11) is 0. The molecule has 88 valence electrons. The van der Waals surface area contributed by atoms with Crippen molar-refractivity contribution in [3.8, 4) is 5.69 Å². The van der Waals surface area contributed by atoms with Gasteiger partial charge >= 0.3 is 0 Å². The summed E-state index contributed by atoms with van der Waals surface area (Å²) in [4.78, 5) is 11.3. The van der Waals surface area contributed by atoms with Crippen LogP contribution < -0.4 is 11.2 Å². The Kier molecular flexibility index (Phi) is 3.09. The lowest BCUT2D eigenvalue weighted by atomic mass is 10.3. The molecule has 0 bridgehead atoms. The summed E-state index contributed by atoms with van der Waals surface area (Å²) >= 11 is 12.0. The Morgan fingerprint density at radius 1 is 1.29 bits per heavy atom. The van der Waals surface area contributed by atoms with Crippen LogP contribution in [0.4, 0.5) is 5.82 Å². The van der Waals surface area contributed by atoms with Crippen LogP contribution in [0.25, 0.3) is 5.69 Å². The van der Waals surface area contributed by atoms with E-state index in [9.17, 15) is 4.79 Å². The highest BCUT2D eigenvalue weighted by Gasteiger charge is 2.08. The Bertz CT molecular complexity index is 637. The first-order valence-corrected chi connectivity index (χ1v) is 5.56. The number of halogens is 2. The van der Waals surface area contributed by atoms with E-state index in [1.807, 2.05) is 0 Å². The molecule has 0 aliphatic rings. The maximum atomic E-state index is 11.3. The number of rotatable bonds is 1. The van der Waals surface area contributed by atoms with Crippen molar-refractivity contribution in [2.45, 2.75) is 6.92 Å². The molecule has 1 heterocycles. The van der Waals surface area contributed by atoms with E-state index in [0.29, 0.717) is 21.4 Å². The van der Waals surface area contributed by atoms with Crippen LogP contribution in [0.3, 0.4) is 0 Å². The second-order valence-corrected chi connectivity index (χ2v) is 4.39. The molecule has 0 aliphatic carbocycles. The van der Waals surface area contributed by atoms with Crippen molar-refractivity contribution in [1.82, 2.24) is 9.78 Å². The predicted molar refractivity (Wildman–Crippen MR) is 69.0 cm³/mol. The largest absolute Gasteiger partial charge is 0.379 e. The van der Waals surface area contributed by atoms with Crippen molar-refractivity contribution in [3.63, 3.8) is 0 Å². The summed E-state index contributed by atoms with van der Waals surface area (Å²) in [5, 5.41) is 4.99. The van der Waals surface area contributed by atoms with Gasteiger partial charge in [0.2, 0.25) is 5.43 Å². The number of hydrogen-bond acceptors (Lipinski definition) is 3. The normalized spacial score (nSPS) is 10.5. The molecule has 0 amide bonds. The minimum atomic E-state index is -0.308. The van der Waals surface area contributed by atoms with Crippen LogP contribution >= 0.6 is 23.2 Å². The van der Waals surface area contributed by atoms with Crippen molar-refractivity contribution in [1.29, 1.82) is 0 Å². The molecule has 1 aromatic carbocycles. The lowest BCUT2D eigenvalue weighted by Crippen LogP contribution is -2.17. The van der Waals surface area contributed by atoms with E-state index < -0.39 is 0 Å². The third kappa shape index (κ3) is 2.28. The van der Waals surface area contributed by atoms with Crippen LogP contribution in [0.2, 0.25) is 10.0 Å². The van der Waals surface area contributed by atoms with Gasteiger partial charge in [0, 0.05) is 16.8 Å². The molecule has 2 rings (SSSR count). The molecule has 2 aromatic rings. The van der Waals surface area contributed by atoms with Crippen LogP contribution in [-0.4, -0.2) is 9.78 Å². The average molecular weight is 270 g/mol. The van der Waals surface area contributed by atoms with Gasteiger partial charge in [-0.2, -0.15) is 0 Å². The van der Waals surface area contributed by atoms with Crippen molar-refractivity contribution < 1.29 is 0 Å². The molecule has 0 atom stereocenters. The van der Waals surface area contributed by atoms with Gasteiger partial charge in [0.05, 0.1) is 10.7 Å². The summed E-state index contributed by atoms with van der Waals surface area (Å²) in [6.07, 6.45) is 0. The second kappa shape index (κ2) is 4.39. The van der Waals surface area contributed by atoms with Crippen LogP contribution in [0.5, 0.6) is 0 Å². The van der Waals surface area contributed by atoms with E-state index >= 15 is 0 Å². The Labute approximate surface area is 108 Å². The van der Waals surface area contributed by atoms with Gasteiger partial charge < -0.3 is 5.73 Å². The zero-order valence-corrected chi connectivity index (χ0v) is 10.5. The molecule has 0 aliphatic heterocycles. The highest BCUT2D eigenvalue weighted by atomic mass is 35.5. The molecule has 6 heteroatoms. The van der Waals surface area contributed by atoms with Crippen molar-refractivity contribution >= 4 is 29.0 Å². The zero-order valence-electron chi connectivity index (χ0n) is 8.95. The number of hydrogen-bond donors (Lipinski definition) is 1. The maximum absolute atomic E-state index is 11.3. The number of nitrogens with zero attached hydrogens (tertiary/aromatic N) is 2. The molecular weight excluding hydrogens is 261 g/mol. The van der Waals surface area contributed by atoms with Gasteiger partial charge in [0.25, 0.3) is 0 Å². The van der Waals surface area contributed by atoms with E-state index in [1.54, 1.807) is 25.1 Å². The van der Waals surface area contributed by atoms with Gasteiger partial charge in [0.15, 0.2) is 5.82 Å². The van der Waals surface area contributed by atoms with Crippen LogP contribution in [0, 0.1) is 6.92 Å². The Hall–Kier alpha value is -1.52. The van der Waals surface area contributed by atoms with Crippen molar-refractivity contribution in [3.05, 3.63) is 50.2 Å².